The van der Waals surface area contributed by atoms with Crippen LogP contribution in [0.2, 0.25) is 0 Å². The molecular weight excluding hydrogens is 240 g/mol. The van der Waals surface area contributed by atoms with Crippen molar-refractivity contribution < 1.29 is 4.74 Å². The van der Waals surface area contributed by atoms with E-state index in [1.807, 2.05) is 12.1 Å². The van der Waals surface area contributed by atoms with Crippen LogP contribution in [-0.4, -0.2) is 9.97 Å². The Labute approximate surface area is 111 Å². The number of nitrogen functional groups attached to an aromatic ring is 1. The number of allylic oxidation sites excluding steroid dienone is 1. The number of nitrogens with zero attached hydrogens (tertiary/aromatic N) is 3. The van der Waals surface area contributed by atoms with Crippen molar-refractivity contribution in [3.8, 4) is 17.8 Å². The first-order valence-electron chi connectivity index (χ1n) is 5.63. The van der Waals surface area contributed by atoms with Crippen molar-refractivity contribution in [1.82, 2.24) is 9.97 Å². The van der Waals surface area contributed by atoms with Crippen LogP contribution >= 0.6 is 0 Å². The zero-order valence-electron chi connectivity index (χ0n) is 10.2. The van der Waals surface area contributed by atoms with E-state index in [1.54, 1.807) is 18.2 Å². The monoisotopic (exact) mass is 252 g/mol. The molecule has 0 unspecified atom stereocenters. The number of nitrogens with two attached hydrogens (primary N) is 1. The maximum atomic E-state index is 8.78. The van der Waals surface area contributed by atoms with Gasteiger partial charge in [-0.3, -0.25) is 0 Å². The van der Waals surface area contributed by atoms with Crippen molar-refractivity contribution in [2.45, 2.75) is 6.42 Å². The molecule has 2 rings (SSSR count). The molecule has 0 fully saturated rings. The van der Waals surface area contributed by atoms with Gasteiger partial charge in [-0.25, -0.2) is 4.98 Å². The van der Waals surface area contributed by atoms with Crippen molar-refractivity contribution in [3.63, 3.8) is 0 Å². The molecule has 1 heterocycles. The normalized spacial score (nSPS) is 9.63. The van der Waals surface area contributed by atoms with Gasteiger partial charge in [0.05, 0.1) is 0 Å². The smallest absolute Gasteiger partial charge is 0.323 e. The van der Waals surface area contributed by atoms with Crippen LogP contribution < -0.4 is 10.5 Å². The molecule has 5 heteroatoms. The first-order chi connectivity index (χ1) is 9.22. The molecule has 19 heavy (non-hydrogen) atoms. The van der Waals surface area contributed by atoms with Gasteiger partial charge in [0.25, 0.3) is 0 Å². The summed E-state index contributed by atoms with van der Waals surface area (Å²) in [5, 5.41) is 8.78. The van der Waals surface area contributed by atoms with Crippen LogP contribution in [-0.2, 0) is 6.42 Å². The predicted molar refractivity (Wildman–Crippen MR) is 71.6 cm³/mol. The molecule has 1 aromatic carbocycles. The molecule has 2 N–H and O–H groups in total. The summed E-state index contributed by atoms with van der Waals surface area (Å²) in [6.07, 6.45) is 3.86. The lowest BCUT2D eigenvalue weighted by Gasteiger charge is -2.09. The lowest BCUT2D eigenvalue weighted by molar-refractivity contribution is 0.437. The fourth-order valence-electron chi connectivity index (χ4n) is 1.56. The van der Waals surface area contributed by atoms with E-state index in [2.05, 4.69) is 16.5 Å². The molecule has 0 aliphatic rings. The van der Waals surface area contributed by atoms with Crippen LogP contribution in [0.5, 0.6) is 11.8 Å². The highest BCUT2D eigenvalue weighted by atomic mass is 16.5. The van der Waals surface area contributed by atoms with E-state index < -0.39 is 0 Å². The van der Waals surface area contributed by atoms with Crippen LogP contribution in [0.1, 0.15) is 11.3 Å². The van der Waals surface area contributed by atoms with Crippen LogP contribution in [0.25, 0.3) is 0 Å². The van der Waals surface area contributed by atoms with E-state index in [0.29, 0.717) is 17.9 Å². The fourth-order valence-corrected chi connectivity index (χ4v) is 1.56. The zero-order valence-corrected chi connectivity index (χ0v) is 10.2. The van der Waals surface area contributed by atoms with Crippen LogP contribution in [0.3, 0.4) is 0 Å². The zero-order chi connectivity index (χ0) is 13.7. The van der Waals surface area contributed by atoms with Gasteiger partial charge in [0.2, 0.25) is 0 Å². The van der Waals surface area contributed by atoms with E-state index in [4.69, 9.17) is 15.7 Å². The molecule has 0 bridgehead atoms. The van der Waals surface area contributed by atoms with E-state index >= 15 is 0 Å². The van der Waals surface area contributed by atoms with Gasteiger partial charge in [-0.05, 0) is 30.7 Å². The van der Waals surface area contributed by atoms with Crippen molar-refractivity contribution in [2.75, 3.05) is 5.73 Å². The molecule has 0 amide bonds. The molecular formula is C14H12N4O. The molecule has 0 aliphatic heterocycles. The van der Waals surface area contributed by atoms with Gasteiger partial charge in [0, 0.05) is 17.4 Å². The van der Waals surface area contributed by atoms with Crippen molar-refractivity contribution in [2.24, 2.45) is 0 Å². The highest BCUT2D eigenvalue weighted by Crippen LogP contribution is 2.25. The third-order valence-corrected chi connectivity index (χ3v) is 2.40. The maximum absolute atomic E-state index is 8.78. The molecule has 2 aromatic rings. The van der Waals surface area contributed by atoms with Gasteiger partial charge < -0.3 is 10.5 Å². The van der Waals surface area contributed by atoms with Gasteiger partial charge in [0.15, 0.2) is 0 Å². The van der Waals surface area contributed by atoms with Crippen molar-refractivity contribution in [1.29, 1.82) is 5.26 Å². The Morgan fingerprint density at radius 1 is 1.42 bits per heavy atom. The predicted octanol–water partition coefficient (Wildman–Crippen LogP) is 2.45. The van der Waals surface area contributed by atoms with Gasteiger partial charge >= 0.3 is 6.01 Å². The second-order valence-corrected chi connectivity index (χ2v) is 3.80. The highest BCUT2D eigenvalue weighted by Gasteiger charge is 2.07. The summed E-state index contributed by atoms with van der Waals surface area (Å²) in [6, 6.07) is 8.87. The number of hydrogen-bond donors (Lipinski definition) is 1. The van der Waals surface area contributed by atoms with Gasteiger partial charge in [-0.15, -0.1) is 6.58 Å². The summed E-state index contributed by atoms with van der Waals surface area (Å²) in [6.45, 7) is 3.69. The average Bonchev–Trinajstić information content (AvgIpc) is 2.42. The minimum atomic E-state index is 0.133. The number of hydrogen-bond acceptors (Lipinski definition) is 5. The fraction of sp³-hybridized carbons (Fsp3) is 0.0714. The maximum Gasteiger partial charge on any atom is 0.323 e. The number of aromatic nitrogens is 2. The van der Waals surface area contributed by atoms with Crippen LogP contribution in [0, 0.1) is 11.3 Å². The molecule has 1 aromatic heterocycles. The lowest BCUT2D eigenvalue weighted by Crippen LogP contribution is -1.97. The Morgan fingerprint density at radius 3 is 3.00 bits per heavy atom. The molecule has 94 valence electrons. The Bertz CT molecular complexity index is 646. The number of benzene rings is 1. The molecule has 0 spiro atoms. The lowest BCUT2D eigenvalue weighted by atomic mass is 10.1. The first-order valence-corrected chi connectivity index (χ1v) is 5.63. The van der Waals surface area contributed by atoms with Crippen LogP contribution in [0.4, 0.5) is 5.69 Å². The Hall–Kier alpha value is -2.87. The number of ether oxygens (including phenoxy) is 1. The quantitative estimate of drug-likeness (QED) is 0.667. The Balaban J connectivity index is 2.32. The molecule has 0 saturated carbocycles. The summed E-state index contributed by atoms with van der Waals surface area (Å²) < 4.78 is 5.58. The largest absolute Gasteiger partial charge is 0.424 e. The van der Waals surface area contributed by atoms with E-state index in [1.165, 1.54) is 12.3 Å². The summed E-state index contributed by atoms with van der Waals surface area (Å²) >= 11 is 0. The summed E-state index contributed by atoms with van der Waals surface area (Å²) in [5.74, 6) is 0.601. The number of nitriles is 1. The average molecular weight is 252 g/mol. The summed E-state index contributed by atoms with van der Waals surface area (Å²) in [4.78, 5) is 7.92. The van der Waals surface area contributed by atoms with E-state index in [-0.39, 0.29) is 11.7 Å². The molecule has 0 radical (unpaired) electrons. The van der Waals surface area contributed by atoms with Crippen LogP contribution in [0.15, 0.2) is 43.1 Å². The van der Waals surface area contributed by atoms with Crippen molar-refractivity contribution >= 4 is 5.69 Å². The van der Waals surface area contributed by atoms with E-state index in [0.717, 1.165) is 5.56 Å². The SMILES string of the molecule is C=CCc1cc(N)ccc1Oc1nccc(C#N)n1. The molecule has 0 atom stereocenters. The minimum Gasteiger partial charge on any atom is -0.424 e. The summed E-state index contributed by atoms with van der Waals surface area (Å²) in [5.41, 5.74) is 7.53. The highest BCUT2D eigenvalue weighted by molar-refractivity contribution is 5.49. The third-order valence-electron chi connectivity index (χ3n) is 2.40. The molecule has 0 aliphatic carbocycles. The second kappa shape index (κ2) is 5.65. The van der Waals surface area contributed by atoms with Gasteiger partial charge in [0.1, 0.15) is 17.5 Å². The van der Waals surface area contributed by atoms with Gasteiger partial charge in [-0.1, -0.05) is 6.08 Å². The Morgan fingerprint density at radius 2 is 2.26 bits per heavy atom. The van der Waals surface area contributed by atoms with E-state index in [9.17, 15) is 0 Å². The standard InChI is InChI=1S/C14H12N4O/c1-2-3-10-8-11(16)4-5-13(10)19-14-17-7-6-12(9-15)18-14/h2,4-8H,1,3,16H2. The Kier molecular flexibility index (Phi) is 3.74. The van der Waals surface area contributed by atoms with Crippen molar-refractivity contribution in [3.05, 3.63) is 54.4 Å². The first kappa shape index (κ1) is 12.6. The summed E-state index contributed by atoms with van der Waals surface area (Å²) in [7, 11) is 0. The minimum absolute atomic E-state index is 0.133. The third kappa shape index (κ3) is 3.07. The molecule has 5 nitrogen and oxygen atoms in total. The molecule has 0 saturated heterocycles. The topological polar surface area (TPSA) is 84.8 Å². The second-order valence-electron chi connectivity index (χ2n) is 3.80. The number of anilines is 1. The number of rotatable bonds is 4. The van der Waals surface area contributed by atoms with Gasteiger partial charge in [-0.2, -0.15) is 10.2 Å².